The van der Waals surface area contributed by atoms with Crippen molar-refractivity contribution in [3.63, 3.8) is 0 Å². The molecule has 3 rings (SSSR count). The molecule has 0 unspecified atom stereocenters. The maximum absolute atomic E-state index is 3.62. The molecule has 0 aliphatic carbocycles. The summed E-state index contributed by atoms with van der Waals surface area (Å²) in [6, 6.07) is 28.4. The van der Waals surface area contributed by atoms with E-state index in [1.807, 2.05) is 0 Å². The van der Waals surface area contributed by atoms with Crippen LogP contribution in [0.25, 0.3) is 0 Å². The van der Waals surface area contributed by atoms with E-state index in [1.54, 1.807) is 0 Å². The van der Waals surface area contributed by atoms with Gasteiger partial charge in [0.2, 0.25) is 0 Å². The molecule has 0 fully saturated rings. The number of halogens is 3. The fourth-order valence-corrected chi connectivity index (χ4v) is 4.15. The Kier molecular flexibility index (Phi) is 10.5. The van der Waals surface area contributed by atoms with Crippen molar-refractivity contribution in [3.05, 3.63) is 90.0 Å². The highest BCUT2D eigenvalue weighted by Crippen LogP contribution is 2.25. The van der Waals surface area contributed by atoms with E-state index in [2.05, 4.69) is 111 Å². The van der Waals surface area contributed by atoms with Gasteiger partial charge in [-0.2, -0.15) is 0 Å². The summed E-state index contributed by atoms with van der Waals surface area (Å²) in [7, 11) is 0. The van der Waals surface area contributed by atoms with Crippen LogP contribution in [0, 0.1) is 0 Å². The lowest BCUT2D eigenvalue weighted by Crippen LogP contribution is -3.00. The van der Waals surface area contributed by atoms with Crippen molar-refractivity contribution in [1.29, 1.82) is 0 Å². The van der Waals surface area contributed by atoms with Gasteiger partial charge < -0.3 is 17.0 Å². The number of quaternary nitrogens is 1. The Bertz CT molecular complexity index is 782. The fourth-order valence-electron chi connectivity index (χ4n) is 3.59. The van der Waals surface area contributed by atoms with Crippen LogP contribution in [0.3, 0.4) is 0 Å². The predicted octanol–water partition coefficient (Wildman–Crippen LogP) is 3.53. The van der Waals surface area contributed by atoms with Crippen molar-refractivity contribution < 1.29 is 21.9 Å². The van der Waals surface area contributed by atoms with Crippen molar-refractivity contribution in [3.8, 4) is 0 Å². The molecule has 0 saturated heterocycles. The zero-order valence-electron chi connectivity index (χ0n) is 15.9. The first-order chi connectivity index (χ1) is 13.3. The molecule has 3 aromatic rings. The SMILES string of the molecule is BrCCCc1cccc([NH+](c2ccccc2)c2ccccc2)c1CCCBr.[Br-]. The van der Waals surface area contributed by atoms with Crippen LogP contribution in [0.15, 0.2) is 78.9 Å². The van der Waals surface area contributed by atoms with Gasteiger partial charge >= 0.3 is 0 Å². The van der Waals surface area contributed by atoms with E-state index in [9.17, 15) is 0 Å². The number of hydrogen-bond acceptors (Lipinski definition) is 0. The zero-order valence-corrected chi connectivity index (χ0v) is 20.6. The summed E-state index contributed by atoms with van der Waals surface area (Å²) in [5, 5.41) is 2.08. The van der Waals surface area contributed by atoms with Gasteiger partial charge in [-0.05, 0) is 55.5 Å². The van der Waals surface area contributed by atoms with Crippen LogP contribution < -0.4 is 21.9 Å². The maximum Gasteiger partial charge on any atom is 0.144 e. The average Bonchev–Trinajstić information content (AvgIpc) is 2.73. The van der Waals surface area contributed by atoms with Crippen LogP contribution in [-0.2, 0) is 12.8 Å². The Morgan fingerprint density at radius 2 is 1.14 bits per heavy atom. The topological polar surface area (TPSA) is 4.44 Å². The molecule has 0 atom stereocenters. The van der Waals surface area contributed by atoms with Crippen molar-refractivity contribution in [2.75, 3.05) is 10.7 Å². The van der Waals surface area contributed by atoms with Crippen molar-refractivity contribution in [1.82, 2.24) is 0 Å². The third kappa shape index (κ3) is 6.03. The summed E-state index contributed by atoms with van der Waals surface area (Å²) in [5.41, 5.74) is 6.92. The smallest absolute Gasteiger partial charge is 0.144 e. The Morgan fingerprint density at radius 3 is 1.68 bits per heavy atom. The van der Waals surface area contributed by atoms with Gasteiger partial charge in [-0.15, -0.1) is 0 Å². The van der Waals surface area contributed by atoms with Gasteiger partial charge in [0.1, 0.15) is 17.1 Å². The molecule has 1 N–H and O–H groups in total. The first-order valence-corrected chi connectivity index (χ1v) is 11.8. The van der Waals surface area contributed by atoms with Crippen molar-refractivity contribution in [2.45, 2.75) is 25.7 Å². The molecule has 0 aliphatic rings. The summed E-state index contributed by atoms with van der Waals surface area (Å²) in [6.07, 6.45) is 4.53. The van der Waals surface area contributed by atoms with Crippen LogP contribution >= 0.6 is 31.9 Å². The minimum atomic E-state index is 0. The lowest BCUT2D eigenvalue weighted by Gasteiger charge is -2.23. The fraction of sp³-hybridized carbons (Fsp3) is 0.250. The second kappa shape index (κ2) is 12.6. The molecule has 4 heteroatoms. The Hall–Kier alpha value is -0.940. The zero-order chi connectivity index (χ0) is 18.9. The van der Waals surface area contributed by atoms with Gasteiger partial charge in [0.15, 0.2) is 0 Å². The van der Waals surface area contributed by atoms with Gasteiger partial charge in [0.05, 0.1) is 0 Å². The summed E-state index contributed by atoms with van der Waals surface area (Å²) >= 11 is 7.21. The minimum absolute atomic E-state index is 0. The molecule has 0 radical (unpaired) electrons. The van der Waals surface area contributed by atoms with Crippen LogP contribution in [0.5, 0.6) is 0 Å². The highest BCUT2D eigenvalue weighted by molar-refractivity contribution is 9.09. The molecule has 1 nitrogen and oxygen atoms in total. The van der Waals surface area contributed by atoms with Crippen molar-refractivity contribution in [2.24, 2.45) is 0 Å². The molecule has 0 aliphatic heterocycles. The molecule has 148 valence electrons. The Labute approximate surface area is 196 Å². The number of nitrogens with one attached hydrogen (secondary N) is 1. The van der Waals surface area contributed by atoms with E-state index in [-0.39, 0.29) is 17.0 Å². The normalized spacial score (nSPS) is 10.7. The number of rotatable bonds is 9. The number of hydrogen-bond donors (Lipinski definition) is 1. The van der Waals surface area contributed by atoms with Gasteiger partial charge in [-0.1, -0.05) is 80.4 Å². The molecule has 0 heterocycles. The van der Waals surface area contributed by atoms with Crippen LogP contribution in [0.2, 0.25) is 0 Å². The third-order valence-electron chi connectivity index (χ3n) is 4.81. The van der Waals surface area contributed by atoms with Crippen LogP contribution in [0.1, 0.15) is 24.0 Å². The number of benzene rings is 3. The van der Waals surface area contributed by atoms with E-state index in [0.717, 1.165) is 36.3 Å². The largest absolute Gasteiger partial charge is 1.00 e. The Morgan fingerprint density at radius 1 is 0.607 bits per heavy atom. The van der Waals surface area contributed by atoms with Gasteiger partial charge in [0.25, 0.3) is 0 Å². The summed E-state index contributed by atoms with van der Waals surface area (Å²) in [6.45, 7) is 0. The minimum Gasteiger partial charge on any atom is -1.00 e. The van der Waals surface area contributed by atoms with E-state index >= 15 is 0 Å². The van der Waals surface area contributed by atoms with E-state index in [1.165, 1.54) is 33.1 Å². The van der Waals surface area contributed by atoms with Gasteiger partial charge in [0, 0.05) is 22.3 Å². The van der Waals surface area contributed by atoms with Crippen LogP contribution in [0.4, 0.5) is 17.1 Å². The standard InChI is InChI=1S/C24H25Br2N.BrH/c25-18-8-11-20-10-7-17-24(23(20)16-9-19-26)27(21-12-3-1-4-13-21)22-14-5-2-6-15-22;/h1-7,10,12-15,17H,8-9,11,16,18-19H2;1H. The molecule has 0 spiro atoms. The molecule has 0 amide bonds. The summed E-state index contributed by atoms with van der Waals surface area (Å²) in [4.78, 5) is 1.33. The van der Waals surface area contributed by atoms with Gasteiger partial charge in [-0.3, -0.25) is 0 Å². The number of para-hydroxylation sites is 2. The van der Waals surface area contributed by atoms with E-state index in [0.29, 0.717) is 0 Å². The third-order valence-corrected chi connectivity index (χ3v) is 5.93. The molecule has 0 aromatic heterocycles. The summed E-state index contributed by atoms with van der Waals surface area (Å²) < 4.78 is 0. The van der Waals surface area contributed by atoms with Gasteiger partial charge in [-0.25, -0.2) is 4.90 Å². The summed E-state index contributed by atoms with van der Waals surface area (Å²) in [5.74, 6) is 0. The number of alkyl halides is 2. The second-order valence-corrected chi connectivity index (χ2v) is 8.22. The molecule has 28 heavy (non-hydrogen) atoms. The lowest BCUT2D eigenvalue weighted by molar-refractivity contribution is -0.681. The molecular formula is C24H26Br3N. The highest BCUT2D eigenvalue weighted by Gasteiger charge is 2.23. The first-order valence-electron chi connectivity index (χ1n) is 9.56. The first kappa shape index (κ1) is 23.3. The number of aryl methyl sites for hydroxylation is 1. The molecule has 0 bridgehead atoms. The quantitative estimate of drug-likeness (QED) is 0.378. The Balaban J connectivity index is 0.00000280. The maximum atomic E-state index is 3.62. The predicted molar refractivity (Wildman–Crippen MR) is 123 cm³/mol. The monoisotopic (exact) mass is 565 g/mol. The molecular weight excluding hydrogens is 542 g/mol. The van der Waals surface area contributed by atoms with Crippen molar-refractivity contribution >= 4 is 48.9 Å². The average molecular weight is 568 g/mol. The van der Waals surface area contributed by atoms with E-state index < -0.39 is 0 Å². The molecule has 0 saturated carbocycles. The van der Waals surface area contributed by atoms with E-state index in [4.69, 9.17) is 0 Å². The second-order valence-electron chi connectivity index (χ2n) is 6.64. The van der Waals surface area contributed by atoms with Crippen LogP contribution in [-0.4, -0.2) is 10.7 Å². The molecule has 3 aromatic carbocycles. The lowest BCUT2D eigenvalue weighted by atomic mass is 9.96. The highest BCUT2D eigenvalue weighted by atomic mass is 79.9.